The Labute approximate surface area is 114 Å². The van der Waals surface area contributed by atoms with Gasteiger partial charge in [-0.25, -0.2) is 9.98 Å². The largest absolute Gasteiger partial charge is 0.361 e. The van der Waals surface area contributed by atoms with Crippen molar-refractivity contribution in [3.05, 3.63) is 47.8 Å². The highest BCUT2D eigenvalue weighted by Gasteiger charge is 2.12. The summed E-state index contributed by atoms with van der Waals surface area (Å²) in [5.41, 5.74) is 3.56. The van der Waals surface area contributed by atoms with Crippen LogP contribution in [0.3, 0.4) is 0 Å². The minimum atomic E-state index is -0.224. The molecule has 0 bridgehead atoms. The van der Waals surface area contributed by atoms with E-state index in [1.165, 1.54) is 0 Å². The number of hydrogen-bond donors (Lipinski definition) is 1. The molecule has 0 spiro atoms. The van der Waals surface area contributed by atoms with Crippen molar-refractivity contribution in [1.82, 2.24) is 14.5 Å². The molecule has 0 amide bonds. The van der Waals surface area contributed by atoms with Crippen molar-refractivity contribution in [3.63, 3.8) is 0 Å². The maximum absolute atomic E-state index is 5.20. The fourth-order valence-electron chi connectivity index (χ4n) is 2.42. The van der Waals surface area contributed by atoms with Gasteiger partial charge in [0.05, 0.1) is 6.54 Å². The Balaban J connectivity index is 1.90. The lowest BCUT2D eigenvalue weighted by atomic mass is 10.2. The molecule has 0 saturated heterocycles. The van der Waals surface area contributed by atoms with Gasteiger partial charge in [-0.1, -0.05) is 0 Å². The third kappa shape index (κ3) is 1.65. The van der Waals surface area contributed by atoms with E-state index in [-0.39, 0.29) is 6.23 Å². The number of aromatic amines is 1. The SMILES string of the molecule is COC1CN=c2c(ncn2-c2ccc3[nH]ccc3c2)=N1. The molecule has 6 heteroatoms. The zero-order valence-corrected chi connectivity index (χ0v) is 10.9. The van der Waals surface area contributed by atoms with E-state index < -0.39 is 0 Å². The van der Waals surface area contributed by atoms with Gasteiger partial charge in [0.2, 0.25) is 0 Å². The van der Waals surface area contributed by atoms with E-state index in [4.69, 9.17) is 4.74 Å². The van der Waals surface area contributed by atoms with E-state index >= 15 is 0 Å². The van der Waals surface area contributed by atoms with Crippen LogP contribution in [0.4, 0.5) is 0 Å². The fourth-order valence-corrected chi connectivity index (χ4v) is 2.42. The second-order valence-electron chi connectivity index (χ2n) is 4.67. The summed E-state index contributed by atoms with van der Waals surface area (Å²) in [5.74, 6) is 0. The van der Waals surface area contributed by atoms with Crippen molar-refractivity contribution >= 4 is 10.9 Å². The normalized spacial score (nSPS) is 17.6. The van der Waals surface area contributed by atoms with Crippen LogP contribution in [0.25, 0.3) is 16.6 Å². The number of H-pyrrole nitrogens is 1. The average Bonchev–Trinajstić information content (AvgIpc) is 3.11. The summed E-state index contributed by atoms with van der Waals surface area (Å²) < 4.78 is 7.15. The van der Waals surface area contributed by atoms with Crippen LogP contribution in [-0.4, -0.2) is 34.4 Å². The number of aromatic nitrogens is 3. The summed E-state index contributed by atoms with van der Waals surface area (Å²) in [5, 5.41) is 1.16. The maximum Gasteiger partial charge on any atom is 0.195 e. The fraction of sp³-hybridized carbons (Fsp3) is 0.214. The number of nitrogens with zero attached hydrogens (tertiary/aromatic N) is 4. The Morgan fingerprint density at radius 1 is 1.35 bits per heavy atom. The van der Waals surface area contributed by atoms with Gasteiger partial charge in [0, 0.05) is 29.9 Å². The number of hydrogen-bond acceptors (Lipinski definition) is 4. The van der Waals surface area contributed by atoms with Crippen molar-refractivity contribution in [2.45, 2.75) is 6.23 Å². The van der Waals surface area contributed by atoms with Gasteiger partial charge in [0.15, 0.2) is 17.2 Å². The second kappa shape index (κ2) is 4.28. The minimum Gasteiger partial charge on any atom is -0.361 e. The maximum atomic E-state index is 5.20. The Morgan fingerprint density at radius 2 is 2.30 bits per heavy atom. The monoisotopic (exact) mass is 267 g/mol. The molecule has 3 aromatic rings. The van der Waals surface area contributed by atoms with E-state index in [1.54, 1.807) is 13.4 Å². The topological polar surface area (TPSA) is 67.6 Å². The molecule has 1 unspecified atom stereocenters. The zero-order valence-electron chi connectivity index (χ0n) is 10.9. The molecule has 0 saturated carbocycles. The predicted molar refractivity (Wildman–Crippen MR) is 73.4 cm³/mol. The van der Waals surface area contributed by atoms with Crippen molar-refractivity contribution in [3.8, 4) is 5.69 Å². The van der Waals surface area contributed by atoms with E-state index in [2.05, 4.69) is 32.1 Å². The van der Waals surface area contributed by atoms with E-state index in [0.717, 1.165) is 22.1 Å². The zero-order chi connectivity index (χ0) is 13.5. The van der Waals surface area contributed by atoms with Crippen LogP contribution >= 0.6 is 0 Å². The summed E-state index contributed by atoms with van der Waals surface area (Å²) in [6.45, 7) is 0.529. The standard InChI is InChI=1S/C14H13N5O/c1-20-12-7-16-14-13(18-12)17-8-19(14)10-2-3-11-9(6-10)4-5-15-11/h2-6,8,12,15H,7H2,1H3. The first kappa shape index (κ1) is 11.4. The number of nitrogens with one attached hydrogen (secondary N) is 1. The molecule has 1 aliphatic rings. The highest BCUT2D eigenvalue weighted by Crippen LogP contribution is 2.15. The van der Waals surface area contributed by atoms with Gasteiger partial charge >= 0.3 is 0 Å². The molecular weight excluding hydrogens is 254 g/mol. The first-order valence-electron chi connectivity index (χ1n) is 6.41. The molecule has 20 heavy (non-hydrogen) atoms. The summed E-state index contributed by atoms with van der Waals surface area (Å²) >= 11 is 0. The van der Waals surface area contributed by atoms with Crippen molar-refractivity contribution in [2.75, 3.05) is 13.7 Å². The number of rotatable bonds is 2. The van der Waals surface area contributed by atoms with Gasteiger partial charge in [-0.15, -0.1) is 0 Å². The third-order valence-corrected chi connectivity index (χ3v) is 3.47. The average molecular weight is 267 g/mol. The lowest BCUT2D eigenvalue weighted by molar-refractivity contribution is 0.110. The minimum absolute atomic E-state index is 0.224. The molecule has 3 heterocycles. The number of fused-ring (bicyclic) bond motifs is 2. The molecule has 4 rings (SSSR count). The summed E-state index contributed by atoms with van der Waals surface area (Å²) in [6, 6.07) is 8.24. The third-order valence-electron chi connectivity index (χ3n) is 3.47. The van der Waals surface area contributed by atoms with Crippen LogP contribution in [0.5, 0.6) is 0 Å². The van der Waals surface area contributed by atoms with Crippen molar-refractivity contribution in [2.24, 2.45) is 9.98 Å². The first-order valence-corrected chi connectivity index (χ1v) is 6.41. The summed E-state index contributed by atoms with van der Waals surface area (Å²) in [7, 11) is 1.63. The first-order chi connectivity index (χ1) is 9.85. The quantitative estimate of drug-likeness (QED) is 0.738. The Bertz CT molecular complexity index is 892. The molecule has 0 aliphatic carbocycles. The van der Waals surface area contributed by atoms with Crippen LogP contribution in [0.15, 0.2) is 46.8 Å². The number of methoxy groups -OCH3 is 1. The van der Waals surface area contributed by atoms with Crippen molar-refractivity contribution < 1.29 is 4.74 Å². The van der Waals surface area contributed by atoms with Gasteiger partial charge in [0.25, 0.3) is 0 Å². The molecule has 1 N–H and O–H groups in total. The van der Waals surface area contributed by atoms with Crippen LogP contribution in [-0.2, 0) is 4.74 Å². The molecule has 1 aromatic carbocycles. The van der Waals surface area contributed by atoms with Gasteiger partial charge in [-0.05, 0) is 24.3 Å². The van der Waals surface area contributed by atoms with Gasteiger partial charge in [-0.3, -0.25) is 9.56 Å². The lowest BCUT2D eigenvalue weighted by Gasteiger charge is -2.09. The highest BCUT2D eigenvalue weighted by atomic mass is 16.5. The molecule has 0 fully saturated rings. The van der Waals surface area contributed by atoms with Gasteiger partial charge in [0.1, 0.15) is 6.33 Å². The molecule has 1 atom stereocenters. The molecular formula is C14H13N5O. The Kier molecular flexibility index (Phi) is 2.43. The number of imidazole rings is 1. The summed E-state index contributed by atoms with van der Waals surface area (Å²) in [4.78, 5) is 16.4. The number of benzene rings is 1. The van der Waals surface area contributed by atoms with Crippen LogP contribution < -0.4 is 11.0 Å². The van der Waals surface area contributed by atoms with E-state index in [1.807, 2.05) is 22.9 Å². The molecule has 6 nitrogen and oxygen atoms in total. The van der Waals surface area contributed by atoms with Gasteiger partial charge < -0.3 is 9.72 Å². The second-order valence-corrected chi connectivity index (χ2v) is 4.67. The van der Waals surface area contributed by atoms with Gasteiger partial charge in [-0.2, -0.15) is 0 Å². The molecule has 100 valence electrons. The Hall–Kier alpha value is -2.47. The lowest BCUT2D eigenvalue weighted by Crippen LogP contribution is -2.37. The van der Waals surface area contributed by atoms with E-state index in [9.17, 15) is 0 Å². The summed E-state index contributed by atoms with van der Waals surface area (Å²) in [6.07, 6.45) is 3.46. The van der Waals surface area contributed by atoms with E-state index in [0.29, 0.717) is 12.0 Å². The van der Waals surface area contributed by atoms with Crippen LogP contribution in [0, 0.1) is 0 Å². The number of ether oxygens (including phenoxy) is 1. The molecule has 1 aliphatic heterocycles. The predicted octanol–water partition coefficient (Wildman–Crippen LogP) is 0.579. The molecule has 2 aromatic heterocycles. The van der Waals surface area contributed by atoms with Crippen LogP contribution in [0.1, 0.15) is 0 Å². The van der Waals surface area contributed by atoms with Crippen LogP contribution in [0.2, 0.25) is 0 Å². The molecule has 0 radical (unpaired) electrons. The highest BCUT2D eigenvalue weighted by molar-refractivity contribution is 5.81. The van der Waals surface area contributed by atoms with Crippen molar-refractivity contribution in [1.29, 1.82) is 0 Å². The Morgan fingerprint density at radius 3 is 3.20 bits per heavy atom. The smallest absolute Gasteiger partial charge is 0.195 e.